The molecule has 0 bridgehead atoms. The maximum absolute atomic E-state index is 4.37. The fourth-order valence-electron chi connectivity index (χ4n) is 2.09. The Morgan fingerprint density at radius 1 is 1.45 bits per heavy atom. The summed E-state index contributed by atoms with van der Waals surface area (Å²) >= 11 is 1.75. The van der Waals surface area contributed by atoms with Crippen LogP contribution in [0.5, 0.6) is 0 Å². The highest BCUT2D eigenvalue weighted by molar-refractivity contribution is 14.0. The SMILES string of the molecule is CN=C(NCCc1ncc(C)s1)N(C)Cc1cnn(C)c1.I. The summed E-state index contributed by atoms with van der Waals surface area (Å²) in [6.07, 6.45) is 6.73. The van der Waals surface area contributed by atoms with Crippen molar-refractivity contribution in [2.24, 2.45) is 12.0 Å². The van der Waals surface area contributed by atoms with E-state index in [1.165, 1.54) is 10.4 Å². The van der Waals surface area contributed by atoms with Gasteiger partial charge in [0.25, 0.3) is 0 Å². The minimum atomic E-state index is 0. The van der Waals surface area contributed by atoms with Crippen molar-refractivity contribution in [3.05, 3.63) is 34.0 Å². The minimum absolute atomic E-state index is 0. The molecule has 0 amide bonds. The van der Waals surface area contributed by atoms with Gasteiger partial charge in [-0.3, -0.25) is 9.67 Å². The first-order chi connectivity index (χ1) is 10.1. The molecule has 0 aromatic carbocycles. The number of nitrogens with one attached hydrogen (secondary N) is 1. The van der Waals surface area contributed by atoms with E-state index in [9.17, 15) is 0 Å². The molecule has 2 aromatic heterocycles. The first-order valence-electron chi connectivity index (χ1n) is 6.89. The zero-order valence-corrected chi connectivity index (χ0v) is 16.6. The van der Waals surface area contributed by atoms with Gasteiger partial charge in [0, 0.05) is 63.5 Å². The largest absolute Gasteiger partial charge is 0.356 e. The normalized spacial score (nSPS) is 11.2. The van der Waals surface area contributed by atoms with Gasteiger partial charge in [-0.1, -0.05) is 0 Å². The molecule has 0 aliphatic carbocycles. The maximum Gasteiger partial charge on any atom is 0.193 e. The van der Waals surface area contributed by atoms with Crippen molar-refractivity contribution < 1.29 is 0 Å². The van der Waals surface area contributed by atoms with Crippen LogP contribution in [-0.4, -0.2) is 46.3 Å². The number of aliphatic imine (C=N–C) groups is 1. The van der Waals surface area contributed by atoms with Crippen molar-refractivity contribution in [2.45, 2.75) is 19.9 Å². The lowest BCUT2D eigenvalue weighted by Gasteiger charge is -2.21. The molecule has 6 nitrogen and oxygen atoms in total. The number of aryl methyl sites for hydroxylation is 2. The van der Waals surface area contributed by atoms with Crippen molar-refractivity contribution in [3.8, 4) is 0 Å². The average Bonchev–Trinajstić information content (AvgIpc) is 3.03. The molecular weight excluding hydrogens is 411 g/mol. The molecule has 0 saturated carbocycles. The van der Waals surface area contributed by atoms with E-state index in [1.54, 1.807) is 18.4 Å². The summed E-state index contributed by atoms with van der Waals surface area (Å²) in [7, 11) is 5.75. The minimum Gasteiger partial charge on any atom is -0.356 e. The molecule has 22 heavy (non-hydrogen) atoms. The molecule has 2 heterocycles. The van der Waals surface area contributed by atoms with E-state index in [0.29, 0.717) is 0 Å². The Morgan fingerprint density at radius 3 is 2.77 bits per heavy atom. The predicted molar refractivity (Wildman–Crippen MR) is 102 cm³/mol. The number of rotatable bonds is 5. The predicted octanol–water partition coefficient (Wildman–Crippen LogP) is 2.05. The number of hydrogen-bond donors (Lipinski definition) is 1. The van der Waals surface area contributed by atoms with Gasteiger partial charge in [-0.2, -0.15) is 5.10 Å². The summed E-state index contributed by atoms with van der Waals surface area (Å²) < 4.78 is 1.81. The van der Waals surface area contributed by atoms with Gasteiger partial charge in [0.2, 0.25) is 0 Å². The molecule has 0 spiro atoms. The van der Waals surface area contributed by atoms with Gasteiger partial charge in [-0.05, 0) is 6.92 Å². The summed E-state index contributed by atoms with van der Waals surface area (Å²) in [5.41, 5.74) is 1.17. The van der Waals surface area contributed by atoms with Crippen LogP contribution >= 0.6 is 35.3 Å². The lowest BCUT2D eigenvalue weighted by molar-refractivity contribution is 0.477. The highest BCUT2D eigenvalue weighted by atomic mass is 127. The Bertz CT molecular complexity index is 606. The maximum atomic E-state index is 4.37. The number of nitrogens with zero attached hydrogens (tertiary/aromatic N) is 5. The van der Waals surface area contributed by atoms with Crippen LogP contribution in [0.1, 0.15) is 15.4 Å². The van der Waals surface area contributed by atoms with Crippen molar-refractivity contribution in [1.82, 2.24) is 25.0 Å². The lowest BCUT2D eigenvalue weighted by Crippen LogP contribution is -2.39. The van der Waals surface area contributed by atoms with Crippen molar-refractivity contribution in [1.29, 1.82) is 0 Å². The van der Waals surface area contributed by atoms with Crippen LogP contribution in [-0.2, 0) is 20.0 Å². The van der Waals surface area contributed by atoms with Crippen molar-refractivity contribution in [2.75, 3.05) is 20.6 Å². The molecule has 0 fully saturated rings. The van der Waals surface area contributed by atoms with Crippen molar-refractivity contribution in [3.63, 3.8) is 0 Å². The fraction of sp³-hybridized carbons (Fsp3) is 0.500. The first-order valence-corrected chi connectivity index (χ1v) is 7.70. The quantitative estimate of drug-likeness (QED) is 0.445. The monoisotopic (exact) mass is 434 g/mol. The van der Waals surface area contributed by atoms with E-state index >= 15 is 0 Å². The Labute approximate surface area is 152 Å². The Morgan fingerprint density at radius 2 is 2.23 bits per heavy atom. The summed E-state index contributed by atoms with van der Waals surface area (Å²) in [4.78, 5) is 12.0. The second-order valence-electron chi connectivity index (χ2n) is 4.97. The van der Waals surface area contributed by atoms with E-state index in [0.717, 1.165) is 30.5 Å². The zero-order chi connectivity index (χ0) is 15.2. The molecule has 8 heteroatoms. The van der Waals surface area contributed by atoms with Crippen LogP contribution in [0.2, 0.25) is 0 Å². The van der Waals surface area contributed by atoms with Gasteiger partial charge in [-0.25, -0.2) is 4.98 Å². The standard InChI is InChI=1S/C14H22N6S.HI/c1-11-7-17-13(21-11)5-6-16-14(15-2)19(3)9-12-8-18-20(4)10-12;/h7-8,10H,5-6,9H2,1-4H3,(H,15,16);1H. The summed E-state index contributed by atoms with van der Waals surface area (Å²) in [5, 5.41) is 8.71. The number of guanidine groups is 1. The Hall–Kier alpha value is -1.16. The second kappa shape index (κ2) is 9.09. The van der Waals surface area contributed by atoms with E-state index in [1.807, 2.05) is 37.4 Å². The molecule has 1 N–H and O–H groups in total. The van der Waals surface area contributed by atoms with Gasteiger partial charge in [0.15, 0.2) is 5.96 Å². The van der Waals surface area contributed by atoms with Gasteiger partial charge < -0.3 is 10.2 Å². The molecule has 0 atom stereocenters. The number of halogens is 1. The molecule has 0 saturated heterocycles. The van der Waals surface area contributed by atoms with Gasteiger partial charge >= 0.3 is 0 Å². The fourth-order valence-corrected chi connectivity index (χ4v) is 2.87. The zero-order valence-electron chi connectivity index (χ0n) is 13.4. The Balaban J connectivity index is 0.00000242. The molecule has 2 aromatic rings. The third-order valence-corrected chi connectivity index (χ3v) is 4.02. The van der Waals surface area contributed by atoms with Crippen LogP contribution in [0, 0.1) is 6.92 Å². The smallest absolute Gasteiger partial charge is 0.193 e. The van der Waals surface area contributed by atoms with Crippen LogP contribution in [0.15, 0.2) is 23.6 Å². The topological polar surface area (TPSA) is 58.3 Å². The molecule has 0 radical (unpaired) electrons. The van der Waals surface area contributed by atoms with Crippen LogP contribution in [0.4, 0.5) is 0 Å². The molecule has 0 aliphatic heterocycles. The number of aromatic nitrogens is 3. The summed E-state index contributed by atoms with van der Waals surface area (Å²) in [6, 6.07) is 0. The molecule has 2 rings (SSSR count). The molecular formula is C14H23IN6S. The van der Waals surface area contributed by atoms with Gasteiger partial charge in [-0.15, -0.1) is 35.3 Å². The Kier molecular flexibility index (Phi) is 7.80. The van der Waals surface area contributed by atoms with Crippen LogP contribution < -0.4 is 5.32 Å². The second-order valence-corrected chi connectivity index (χ2v) is 6.29. The summed E-state index contributed by atoms with van der Waals surface area (Å²) in [6.45, 7) is 3.69. The average molecular weight is 434 g/mol. The van der Waals surface area contributed by atoms with Crippen LogP contribution in [0.3, 0.4) is 0 Å². The third kappa shape index (κ3) is 5.56. The van der Waals surface area contributed by atoms with Crippen LogP contribution in [0.25, 0.3) is 0 Å². The van der Waals surface area contributed by atoms with E-state index < -0.39 is 0 Å². The molecule has 0 aliphatic rings. The van der Waals surface area contributed by atoms with E-state index in [2.05, 4.69) is 32.2 Å². The molecule has 0 unspecified atom stereocenters. The summed E-state index contributed by atoms with van der Waals surface area (Å²) in [5.74, 6) is 0.882. The van der Waals surface area contributed by atoms with E-state index in [-0.39, 0.29) is 24.0 Å². The van der Waals surface area contributed by atoms with Gasteiger partial charge in [0.05, 0.1) is 11.2 Å². The van der Waals surface area contributed by atoms with Crippen molar-refractivity contribution >= 4 is 41.3 Å². The number of hydrogen-bond acceptors (Lipinski definition) is 4. The highest BCUT2D eigenvalue weighted by Gasteiger charge is 2.08. The molecule has 122 valence electrons. The lowest BCUT2D eigenvalue weighted by atomic mass is 10.3. The third-order valence-electron chi connectivity index (χ3n) is 3.04. The first kappa shape index (κ1) is 18.9. The van der Waals surface area contributed by atoms with Gasteiger partial charge in [0.1, 0.15) is 0 Å². The number of thiazole rings is 1. The van der Waals surface area contributed by atoms with E-state index in [4.69, 9.17) is 0 Å². The highest BCUT2D eigenvalue weighted by Crippen LogP contribution is 2.11.